The van der Waals surface area contributed by atoms with Gasteiger partial charge >= 0.3 is 0 Å². The molecule has 1 aromatic heterocycles. The zero-order valence-electron chi connectivity index (χ0n) is 9.56. The standard InChI is InChI=1S/C12H19N3O/c1-3-11(13-6-1)12-4-2-8-15(12)9-10-5-7-14-16-10/h5,7,11-13H,1-4,6,8-9H2. The van der Waals surface area contributed by atoms with E-state index in [1.165, 1.54) is 38.8 Å². The van der Waals surface area contributed by atoms with E-state index in [0.717, 1.165) is 12.3 Å². The van der Waals surface area contributed by atoms with Crippen molar-refractivity contribution in [2.45, 2.75) is 44.3 Å². The predicted molar refractivity (Wildman–Crippen MR) is 61.0 cm³/mol. The molecule has 1 aromatic rings. The van der Waals surface area contributed by atoms with E-state index in [-0.39, 0.29) is 0 Å². The van der Waals surface area contributed by atoms with Crippen LogP contribution in [0, 0.1) is 0 Å². The van der Waals surface area contributed by atoms with Crippen molar-refractivity contribution in [1.82, 2.24) is 15.4 Å². The highest BCUT2D eigenvalue weighted by Crippen LogP contribution is 2.26. The molecule has 0 saturated carbocycles. The molecule has 0 bridgehead atoms. The summed E-state index contributed by atoms with van der Waals surface area (Å²) in [6, 6.07) is 3.37. The number of nitrogens with zero attached hydrogens (tertiary/aromatic N) is 2. The Bertz CT molecular complexity index is 319. The van der Waals surface area contributed by atoms with E-state index in [4.69, 9.17) is 4.52 Å². The fraction of sp³-hybridized carbons (Fsp3) is 0.750. The Morgan fingerprint density at radius 3 is 3.19 bits per heavy atom. The van der Waals surface area contributed by atoms with Crippen molar-refractivity contribution in [1.29, 1.82) is 0 Å². The van der Waals surface area contributed by atoms with Gasteiger partial charge in [-0.05, 0) is 38.8 Å². The lowest BCUT2D eigenvalue weighted by Gasteiger charge is -2.28. The van der Waals surface area contributed by atoms with E-state index in [0.29, 0.717) is 12.1 Å². The van der Waals surface area contributed by atoms with Crippen LogP contribution in [-0.4, -0.2) is 35.2 Å². The molecule has 3 heterocycles. The molecule has 16 heavy (non-hydrogen) atoms. The second-order valence-corrected chi connectivity index (χ2v) is 4.86. The van der Waals surface area contributed by atoms with Crippen LogP contribution in [0.2, 0.25) is 0 Å². The minimum absolute atomic E-state index is 0.699. The van der Waals surface area contributed by atoms with Crippen molar-refractivity contribution in [2.75, 3.05) is 13.1 Å². The average Bonchev–Trinajstić information content (AvgIpc) is 2.98. The number of aromatic nitrogens is 1. The lowest BCUT2D eigenvalue weighted by molar-refractivity contribution is 0.185. The van der Waals surface area contributed by atoms with Crippen LogP contribution < -0.4 is 5.32 Å². The van der Waals surface area contributed by atoms with Gasteiger partial charge in [0.15, 0.2) is 5.76 Å². The Labute approximate surface area is 96.0 Å². The molecule has 2 aliphatic rings. The maximum Gasteiger partial charge on any atom is 0.150 e. The molecule has 2 unspecified atom stereocenters. The van der Waals surface area contributed by atoms with E-state index in [9.17, 15) is 0 Å². The molecule has 2 atom stereocenters. The molecule has 0 aromatic carbocycles. The SMILES string of the molecule is c1cc(CN2CCCC2C2CCCN2)on1. The Morgan fingerprint density at radius 2 is 2.44 bits per heavy atom. The molecule has 2 saturated heterocycles. The molecular weight excluding hydrogens is 202 g/mol. The van der Waals surface area contributed by atoms with E-state index in [1.54, 1.807) is 6.20 Å². The van der Waals surface area contributed by atoms with Crippen molar-refractivity contribution in [3.8, 4) is 0 Å². The van der Waals surface area contributed by atoms with Crippen LogP contribution in [-0.2, 0) is 6.54 Å². The molecular formula is C12H19N3O. The Kier molecular flexibility index (Phi) is 2.93. The molecule has 2 aliphatic heterocycles. The monoisotopic (exact) mass is 221 g/mol. The number of hydrogen-bond acceptors (Lipinski definition) is 4. The van der Waals surface area contributed by atoms with Crippen LogP contribution in [0.1, 0.15) is 31.4 Å². The fourth-order valence-electron chi connectivity index (χ4n) is 3.07. The highest BCUT2D eigenvalue weighted by Gasteiger charge is 2.33. The fourth-order valence-corrected chi connectivity index (χ4v) is 3.07. The summed E-state index contributed by atoms with van der Waals surface area (Å²) in [6.07, 6.45) is 7.03. The maximum atomic E-state index is 5.19. The van der Waals surface area contributed by atoms with Crippen molar-refractivity contribution in [3.05, 3.63) is 18.0 Å². The number of rotatable bonds is 3. The summed E-state index contributed by atoms with van der Waals surface area (Å²) in [6.45, 7) is 3.31. The average molecular weight is 221 g/mol. The lowest BCUT2D eigenvalue weighted by Crippen LogP contribution is -2.43. The molecule has 0 aliphatic carbocycles. The summed E-state index contributed by atoms with van der Waals surface area (Å²) >= 11 is 0. The molecule has 0 spiro atoms. The summed E-state index contributed by atoms with van der Waals surface area (Å²) in [4.78, 5) is 2.55. The first-order chi connectivity index (χ1) is 7.93. The van der Waals surface area contributed by atoms with Crippen LogP contribution in [0.4, 0.5) is 0 Å². The van der Waals surface area contributed by atoms with Crippen LogP contribution in [0.5, 0.6) is 0 Å². The summed E-state index contributed by atoms with van der Waals surface area (Å²) in [5, 5.41) is 7.39. The lowest BCUT2D eigenvalue weighted by atomic mass is 10.0. The smallest absolute Gasteiger partial charge is 0.150 e. The zero-order chi connectivity index (χ0) is 10.8. The highest BCUT2D eigenvalue weighted by molar-refractivity contribution is 4.98. The summed E-state index contributed by atoms with van der Waals surface area (Å²) in [7, 11) is 0. The van der Waals surface area contributed by atoms with Crippen molar-refractivity contribution in [3.63, 3.8) is 0 Å². The third kappa shape index (κ3) is 1.99. The summed E-state index contributed by atoms with van der Waals surface area (Å²) < 4.78 is 5.19. The Morgan fingerprint density at radius 1 is 1.44 bits per heavy atom. The third-order valence-electron chi connectivity index (χ3n) is 3.83. The van der Waals surface area contributed by atoms with Crippen LogP contribution in [0.15, 0.2) is 16.8 Å². The van der Waals surface area contributed by atoms with Crippen LogP contribution >= 0.6 is 0 Å². The van der Waals surface area contributed by atoms with E-state index in [2.05, 4.69) is 15.4 Å². The van der Waals surface area contributed by atoms with E-state index in [1.807, 2.05) is 6.07 Å². The molecule has 4 heteroatoms. The van der Waals surface area contributed by atoms with Gasteiger partial charge in [-0.2, -0.15) is 0 Å². The van der Waals surface area contributed by atoms with Gasteiger partial charge in [-0.3, -0.25) is 4.90 Å². The van der Waals surface area contributed by atoms with Gasteiger partial charge in [0.1, 0.15) is 0 Å². The Balaban J connectivity index is 1.64. The quantitative estimate of drug-likeness (QED) is 0.837. The highest BCUT2D eigenvalue weighted by atomic mass is 16.5. The van der Waals surface area contributed by atoms with Gasteiger partial charge < -0.3 is 9.84 Å². The van der Waals surface area contributed by atoms with Gasteiger partial charge in [0.2, 0.25) is 0 Å². The van der Waals surface area contributed by atoms with Crippen molar-refractivity contribution >= 4 is 0 Å². The predicted octanol–water partition coefficient (Wildman–Crippen LogP) is 1.39. The first-order valence-electron chi connectivity index (χ1n) is 6.30. The number of nitrogens with one attached hydrogen (secondary N) is 1. The number of hydrogen-bond donors (Lipinski definition) is 1. The number of likely N-dealkylation sites (tertiary alicyclic amines) is 1. The van der Waals surface area contributed by atoms with Crippen LogP contribution in [0.3, 0.4) is 0 Å². The molecule has 2 fully saturated rings. The van der Waals surface area contributed by atoms with Gasteiger partial charge in [0.25, 0.3) is 0 Å². The van der Waals surface area contributed by atoms with Gasteiger partial charge in [0, 0.05) is 18.2 Å². The van der Waals surface area contributed by atoms with Gasteiger partial charge in [-0.15, -0.1) is 0 Å². The normalized spacial score (nSPS) is 31.2. The largest absolute Gasteiger partial charge is 0.360 e. The molecule has 3 rings (SSSR count). The second-order valence-electron chi connectivity index (χ2n) is 4.86. The maximum absolute atomic E-state index is 5.19. The third-order valence-corrected chi connectivity index (χ3v) is 3.83. The van der Waals surface area contributed by atoms with Crippen LogP contribution in [0.25, 0.3) is 0 Å². The summed E-state index contributed by atoms with van der Waals surface area (Å²) in [5.74, 6) is 0.991. The van der Waals surface area contributed by atoms with Crippen molar-refractivity contribution < 1.29 is 4.52 Å². The second kappa shape index (κ2) is 4.55. The molecule has 0 radical (unpaired) electrons. The minimum Gasteiger partial charge on any atom is -0.360 e. The molecule has 0 amide bonds. The topological polar surface area (TPSA) is 41.3 Å². The molecule has 4 nitrogen and oxygen atoms in total. The van der Waals surface area contributed by atoms with E-state index >= 15 is 0 Å². The summed E-state index contributed by atoms with van der Waals surface area (Å²) in [5.41, 5.74) is 0. The van der Waals surface area contributed by atoms with Crippen molar-refractivity contribution in [2.24, 2.45) is 0 Å². The molecule has 1 N–H and O–H groups in total. The van der Waals surface area contributed by atoms with Gasteiger partial charge in [0.05, 0.1) is 12.7 Å². The zero-order valence-corrected chi connectivity index (χ0v) is 9.56. The molecule has 88 valence electrons. The van der Waals surface area contributed by atoms with Gasteiger partial charge in [-0.25, -0.2) is 0 Å². The Hall–Kier alpha value is -0.870. The minimum atomic E-state index is 0.699. The first-order valence-corrected chi connectivity index (χ1v) is 6.30. The first kappa shape index (κ1) is 10.3. The van der Waals surface area contributed by atoms with E-state index < -0.39 is 0 Å². The van der Waals surface area contributed by atoms with Gasteiger partial charge in [-0.1, -0.05) is 5.16 Å².